The molecule has 1 unspecified atom stereocenters. The van der Waals surface area contributed by atoms with Gasteiger partial charge in [0.1, 0.15) is 0 Å². The van der Waals surface area contributed by atoms with E-state index in [4.69, 9.17) is 5.14 Å². The highest BCUT2D eigenvalue weighted by Crippen LogP contribution is 2.35. The molecule has 1 atom stereocenters. The lowest BCUT2D eigenvalue weighted by Gasteiger charge is -2.22. The van der Waals surface area contributed by atoms with E-state index in [1.165, 1.54) is 0 Å². The first-order valence-electron chi connectivity index (χ1n) is 6.30. The van der Waals surface area contributed by atoms with E-state index < -0.39 is 33.2 Å². The Balaban J connectivity index is 2.99. The van der Waals surface area contributed by atoms with E-state index in [1.54, 1.807) is 19.1 Å². The van der Waals surface area contributed by atoms with Gasteiger partial charge in [-0.2, -0.15) is 0 Å². The van der Waals surface area contributed by atoms with Crippen molar-refractivity contribution in [3.63, 3.8) is 0 Å². The Kier molecular flexibility index (Phi) is 3.45. The maximum Gasteiger partial charge on any atom is 0.239 e. The number of sulfonamides is 1. The van der Waals surface area contributed by atoms with Crippen molar-refractivity contribution in [2.75, 3.05) is 0 Å². The molecule has 2 N–H and O–H groups in total. The molecule has 0 radical (unpaired) electrons. The first kappa shape index (κ1) is 15.7. The summed E-state index contributed by atoms with van der Waals surface area (Å²) < 4.78 is 48.8. The summed E-state index contributed by atoms with van der Waals surface area (Å²) in [6.07, 6.45) is 0.339. The molecule has 112 valence electrons. The second-order valence-corrected chi connectivity index (χ2v) is 15.1. The first-order valence-corrected chi connectivity index (χ1v) is 12.9. The molecule has 1 heterocycles. The molecule has 5 nitrogen and oxygen atoms in total. The van der Waals surface area contributed by atoms with E-state index in [1.807, 2.05) is 19.6 Å². The van der Waals surface area contributed by atoms with Crippen molar-refractivity contribution in [2.24, 2.45) is 5.14 Å². The van der Waals surface area contributed by atoms with Crippen LogP contribution < -0.4 is 10.3 Å². The Bertz CT molecular complexity index is 776. The number of hydrogen-bond donors (Lipinski definition) is 1. The Hall–Kier alpha value is -0.703. The third-order valence-electron chi connectivity index (χ3n) is 3.61. The van der Waals surface area contributed by atoms with Crippen LogP contribution in [0.15, 0.2) is 21.9 Å². The number of benzene rings is 1. The number of fused-ring (bicyclic) bond motifs is 1. The molecule has 1 aliphatic heterocycles. The molecule has 8 heteroatoms. The number of hydrogen-bond acceptors (Lipinski definition) is 4. The third kappa shape index (κ3) is 2.34. The smallest absolute Gasteiger partial charge is 0.225 e. The van der Waals surface area contributed by atoms with Crippen LogP contribution >= 0.6 is 0 Å². The summed E-state index contributed by atoms with van der Waals surface area (Å²) in [7, 11) is -9.74. The summed E-state index contributed by atoms with van der Waals surface area (Å²) in [5.41, 5.74) is 0.559. The lowest BCUT2D eigenvalue weighted by atomic mass is 10.1. The minimum absolute atomic E-state index is 0.0626. The average Bonchev–Trinajstić information content (AvgIpc) is 2.46. The molecule has 1 aliphatic rings. The molecule has 0 fully saturated rings. The third-order valence-corrected chi connectivity index (χ3v) is 9.21. The van der Waals surface area contributed by atoms with Crippen LogP contribution in [0.2, 0.25) is 19.6 Å². The van der Waals surface area contributed by atoms with Gasteiger partial charge >= 0.3 is 0 Å². The molecule has 0 aromatic heterocycles. The van der Waals surface area contributed by atoms with E-state index in [2.05, 4.69) is 0 Å². The average molecular weight is 334 g/mol. The molecule has 1 aromatic carbocycles. The zero-order valence-electron chi connectivity index (χ0n) is 12.0. The quantitative estimate of drug-likeness (QED) is 0.802. The zero-order valence-corrected chi connectivity index (χ0v) is 14.6. The van der Waals surface area contributed by atoms with Crippen LogP contribution in [0.25, 0.3) is 0 Å². The second-order valence-electron chi connectivity index (χ2n) is 6.29. The van der Waals surface area contributed by atoms with Gasteiger partial charge in [0.25, 0.3) is 0 Å². The van der Waals surface area contributed by atoms with E-state index in [9.17, 15) is 16.8 Å². The Morgan fingerprint density at radius 3 is 2.25 bits per heavy atom. The number of rotatable bonds is 2. The highest BCUT2D eigenvalue weighted by Gasteiger charge is 2.41. The molecular formula is C12H19NO4S2Si. The highest BCUT2D eigenvalue weighted by molar-refractivity contribution is 7.94. The standard InChI is InChI=1S/C12H19NO4S2Si/c1-8-7-9-5-6-10(20(2,3)4)12(19(13,16)17)11(9)18(8,14)15/h5-6,8H,7H2,1-4H3,(H2,13,16,17). The summed E-state index contributed by atoms with van der Waals surface area (Å²) in [5, 5.41) is 5.30. The summed E-state index contributed by atoms with van der Waals surface area (Å²) in [6, 6.07) is 3.47. The van der Waals surface area contributed by atoms with Crippen LogP contribution in [-0.2, 0) is 26.3 Å². The van der Waals surface area contributed by atoms with Gasteiger partial charge in [-0.05, 0) is 24.1 Å². The molecule has 20 heavy (non-hydrogen) atoms. The lowest BCUT2D eigenvalue weighted by molar-refractivity contribution is 0.582. The molecular weight excluding hydrogens is 314 g/mol. The van der Waals surface area contributed by atoms with Crippen molar-refractivity contribution in [2.45, 2.75) is 48.0 Å². The van der Waals surface area contributed by atoms with E-state index in [0.29, 0.717) is 17.2 Å². The monoisotopic (exact) mass is 333 g/mol. The van der Waals surface area contributed by atoms with Crippen LogP contribution in [0.5, 0.6) is 0 Å². The summed E-state index contributed by atoms with van der Waals surface area (Å²) in [6.45, 7) is 7.49. The van der Waals surface area contributed by atoms with Crippen LogP contribution in [-0.4, -0.2) is 30.2 Å². The van der Waals surface area contributed by atoms with Gasteiger partial charge in [0.15, 0.2) is 9.84 Å². The van der Waals surface area contributed by atoms with Crippen LogP contribution in [0, 0.1) is 0 Å². The first-order chi connectivity index (χ1) is 8.87. The second kappa shape index (κ2) is 4.39. The van der Waals surface area contributed by atoms with Crippen LogP contribution in [0.1, 0.15) is 12.5 Å². The Labute approximate surface area is 121 Å². The minimum Gasteiger partial charge on any atom is -0.225 e. The van der Waals surface area contributed by atoms with Gasteiger partial charge in [-0.25, -0.2) is 22.0 Å². The van der Waals surface area contributed by atoms with Crippen molar-refractivity contribution in [3.8, 4) is 0 Å². The number of nitrogens with two attached hydrogens (primary N) is 1. The van der Waals surface area contributed by atoms with E-state index >= 15 is 0 Å². The maximum atomic E-state index is 12.4. The minimum atomic E-state index is -4.08. The zero-order chi connectivity index (χ0) is 15.5. The summed E-state index contributed by atoms with van der Waals surface area (Å²) in [5.74, 6) is 0. The molecule has 0 bridgehead atoms. The Morgan fingerprint density at radius 1 is 1.25 bits per heavy atom. The fraction of sp³-hybridized carbons (Fsp3) is 0.500. The predicted octanol–water partition coefficient (Wildman–Crippen LogP) is 0.598. The van der Waals surface area contributed by atoms with Gasteiger partial charge in [0, 0.05) is 0 Å². The van der Waals surface area contributed by atoms with Crippen molar-refractivity contribution in [1.82, 2.24) is 0 Å². The van der Waals surface area contributed by atoms with Gasteiger partial charge in [-0.1, -0.05) is 31.8 Å². The van der Waals surface area contributed by atoms with Crippen molar-refractivity contribution in [3.05, 3.63) is 17.7 Å². The largest absolute Gasteiger partial charge is 0.239 e. The van der Waals surface area contributed by atoms with Gasteiger partial charge in [0.2, 0.25) is 10.0 Å². The van der Waals surface area contributed by atoms with Gasteiger partial charge in [-0.3, -0.25) is 0 Å². The van der Waals surface area contributed by atoms with Crippen molar-refractivity contribution >= 4 is 33.1 Å². The fourth-order valence-electron chi connectivity index (χ4n) is 2.57. The van der Waals surface area contributed by atoms with Crippen molar-refractivity contribution in [1.29, 1.82) is 0 Å². The molecule has 0 saturated heterocycles. The molecule has 0 aliphatic carbocycles. The maximum absolute atomic E-state index is 12.4. The SMILES string of the molecule is CC1Cc2ccc([Si](C)(C)C)c(S(N)(=O)=O)c2S1(=O)=O. The molecule has 0 spiro atoms. The van der Waals surface area contributed by atoms with Gasteiger partial charge in [0.05, 0.1) is 23.1 Å². The highest BCUT2D eigenvalue weighted by atomic mass is 32.2. The van der Waals surface area contributed by atoms with Gasteiger partial charge < -0.3 is 0 Å². The molecule has 0 saturated carbocycles. The molecule has 2 rings (SSSR count). The van der Waals surface area contributed by atoms with Crippen LogP contribution in [0.3, 0.4) is 0 Å². The normalized spacial score (nSPS) is 21.8. The number of sulfone groups is 1. The topological polar surface area (TPSA) is 94.3 Å². The Morgan fingerprint density at radius 2 is 1.80 bits per heavy atom. The van der Waals surface area contributed by atoms with E-state index in [-0.39, 0.29) is 9.79 Å². The predicted molar refractivity (Wildman–Crippen MR) is 81.1 cm³/mol. The fourth-order valence-corrected chi connectivity index (χ4v) is 8.54. The molecule has 1 aromatic rings. The summed E-state index contributed by atoms with van der Waals surface area (Å²) in [4.78, 5) is -0.231. The number of primary sulfonamides is 1. The summed E-state index contributed by atoms with van der Waals surface area (Å²) >= 11 is 0. The van der Waals surface area contributed by atoms with Crippen molar-refractivity contribution < 1.29 is 16.8 Å². The lowest BCUT2D eigenvalue weighted by Crippen LogP contribution is -2.43. The van der Waals surface area contributed by atoms with E-state index in [0.717, 1.165) is 0 Å². The van der Waals surface area contributed by atoms with Gasteiger partial charge in [-0.15, -0.1) is 0 Å². The molecule has 0 amide bonds. The van der Waals surface area contributed by atoms with Crippen LogP contribution in [0.4, 0.5) is 0 Å².